The lowest BCUT2D eigenvalue weighted by molar-refractivity contribution is 0.467. The highest BCUT2D eigenvalue weighted by atomic mass is 16.3. The Kier molecular flexibility index (Phi) is 5.04. The molecule has 3 aromatic heterocycles. The van der Waals surface area contributed by atoms with Crippen LogP contribution in [0.4, 0.5) is 0 Å². The molecule has 12 heteroatoms. The largest absolute Gasteiger partial charge is 0.506 e. The number of phenolic OH excluding ortho intramolecular Hbond substituents is 2. The highest BCUT2D eigenvalue weighted by Crippen LogP contribution is 2.44. The summed E-state index contributed by atoms with van der Waals surface area (Å²) in [5, 5.41) is 44.0. The molecule has 0 fully saturated rings. The first-order valence-corrected chi connectivity index (χ1v) is 14.1. The van der Waals surface area contributed by atoms with Crippen molar-refractivity contribution in [2.24, 2.45) is 0 Å². The van der Waals surface area contributed by atoms with Gasteiger partial charge in [-0.1, -0.05) is 72.8 Å². The predicted molar refractivity (Wildman–Crippen MR) is 169 cm³/mol. The summed E-state index contributed by atoms with van der Waals surface area (Å²) >= 11 is 0. The van der Waals surface area contributed by atoms with Gasteiger partial charge in [-0.15, -0.1) is 0 Å². The van der Waals surface area contributed by atoms with Crippen LogP contribution >= 0.6 is 0 Å². The fraction of sp³-hybridized carbons (Fsp3) is 0. The second-order valence-electron chi connectivity index (χ2n) is 10.7. The van der Waals surface area contributed by atoms with Crippen LogP contribution in [0, 0.1) is 22.7 Å². The zero-order valence-corrected chi connectivity index (χ0v) is 23.4. The second-order valence-corrected chi connectivity index (χ2v) is 10.7. The molecule has 2 aliphatic rings. The number of benzene rings is 4. The molecule has 12 nitrogen and oxygen atoms in total. The molecule has 7 aromatic rings. The van der Waals surface area contributed by atoms with Crippen molar-refractivity contribution in [3.63, 3.8) is 0 Å². The summed E-state index contributed by atoms with van der Waals surface area (Å²) in [5.74, 6) is 0.301. The maximum Gasteiger partial charge on any atom is 0.164 e. The Bertz CT molecular complexity index is 2580. The van der Waals surface area contributed by atoms with Crippen LogP contribution < -0.4 is 0 Å². The number of aromatic nitrogens is 8. The van der Waals surface area contributed by atoms with Crippen LogP contribution in [0.15, 0.2) is 72.8 Å². The van der Waals surface area contributed by atoms with E-state index in [0.29, 0.717) is 34.1 Å². The Morgan fingerprint density at radius 1 is 0.457 bits per heavy atom. The lowest BCUT2D eigenvalue weighted by Crippen LogP contribution is -1.89. The number of rotatable bonds is 0. The highest BCUT2D eigenvalue weighted by Gasteiger charge is 2.26. The van der Waals surface area contributed by atoms with Crippen molar-refractivity contribution in [3.8, 4) is 69.2 Å². The van der Waals surface area contributed by atoms with Crippen molar-refractivity contribution in [2.75, 3.05) is 0 Å². The fourth-order valence-corrected chi connectivity index (χ4v) is 6.08. The Hall–Kier alpha value is -7.18. The lowest BCUT2D eigenvalue weighted by Gasteiger charge is -2.04. The number of fused-ring (bicyclic) bond motifs is 20. The lowest BCUT2D eigenvalue weighted by atomic mass is 10.0. The van der Waals surface area contributed by atoms with Crippen LogP contribution in [-0.4, -0.2) is 50.1 Å². The third-order valence-electron chi connectivity index (χ3n) is 8.17. The topological polar surface area (TPSA) is 197 Å². The molecule has 0 saturated carbocycles. The summed E-state index contributed by atoms with van der Waals surface area (Å²) in [6.07, 6.45) is 0. The van der Waals surface area contributed by atoms with E-state index in [1.807, 2.05) is 84.9 Å². The Balaban J connectivity index is 1.55. The molecule has 46 heavy (non-hydrogen) atoms. The van der Waals surface area contributed by atoms with Crippen LogP contribution in [0.5, 0.6) is 11.5 Å². The van der Waals surface area contributed by atoms with Crippen LogP contribution in [0.3, 0.4) is 0 Å². The first-order valence-electron chi connectivity index (χ1n) is 14.1. The average molecular weight is 597 g/mol. The van der Waals surface area contributed by atoms with E-state index >= 15 is 0 Å². The molecule has 8 bridgehead atoms. The summed E-state index contributed by atoms with van der Waals surface area (Å²) in [5.41, 5.74) is 3.28. The Morgan fingerprint density at radius 3 is 1.15 bits per heavy atom. The minimum absolute atomic E-state index is 0.00189. The summed E-state index contributed by atoms with van der Waals surface area (Å²) < 4.78 is 0. The molecular formula is C34H16N10O2. The zero-order chi connectivity index (χ0) is 31.1. The molecule has 0 radical (unpaired) electrons. The standard InChI is InChI=1S/C34H16N10O2/c35-13-21-22(14-36)26(46)24-23(25(21)45)33-42-31-19-11-5-3-9-17(19)29(40-31)38-27-15-7-1-2-8-16(15)28(37-27)39-30-18-10-4-6-12-20(18)32(41-30)43-34(24)44-33/h1-12,45-46H,(H2,37,38,39,40,41,42,43,44). The van der Waals surface area contributed by atoms with E-state index in [4.69, 9.17) is 29.9 Å². The summed E-state index contributed by atoms with van der Waals surface area (Å²) in [6, 6.07) is 26.3. The smallest absolute Gasteiger partial charge is 0.164 e. The van der Waals surface area contributed by atoms with Gasteiger partial charge in [-0.3, -0.25) is 0 Å². The van der Waals surface area contributed by atoms with Crippen molar-refractivity contribution in [2.45, 2.75) is 0 Å². The van der Waals surface area contributed by atoms with E-state index in [1.165, 1.54) is 0 Å². The zero-order valence-electron chi connectivity index (χ0n) is 23.4. The summed E-state index contributed by atoms with van der Waals surface area (Å²) in [7, 11) is 0. The van der Waals surface area contributed by atoms with Crippen molar-refractivity contribution in [1.82, 2.24) is 39.9 Å². The number of H-pyrrole nitrogens is 2. The number of hydrogen-bond donors (Lipinski definition) is 4. The van der Waals surface area contributed by atoms with Gasteiger partial charge in [0, 0.05) is 33.0 Å². The molecule has 0 saturated heterocycles. The SMILES string of the molecule is N#Cc1c(C#N)c(O)c2c3nc4nc(nc5[nH]c(nc6nc(nc([nH]3)c2c1O)-c1ccccc1-6)c1ccccc51)-c1ccccc1-4. The van der Waals surface area contributed by atoms with Gasteiger partial charge in [0.25, 0.3) is 0 Å². The van der Waals surface area contributed by atoms with E-state index in [2.05, 4.69) is 9.97 Å². The van der Waals surface area contributed by atoms with Gasteiger partial charge < -0.3 is 20.2 Å². The van der Waals surface area contributed by atoms with Crippen molar-refractivity contribution in [1.29, 1.82) is 10.5 Å². The number of nitriles is 2. The number of aromatic amines is 2. The Labute approximate surface area is 257 Å². The maximum absolute atomic E-state index is 11.3. The summed E-state index contributed by atoms with van der Waals surface area (Å²) in [6.45, 7) is 0. The molecule has 5 heterocycles. The van der Waals surface area contributed by atoms with Gasteiger partial charge in [0.1, 0.15) is 57.4 Å². The second kappa shape index (κ2) is 9.16. The van der Waals surface area contributed by atoms with Gasteiger partial charge in [-0.05, 0) is 0 Å². The first-order chi connectivity index (χ1) is 22.5. The van der Waals surface area contributed by atoms with Crippen LogP contribution in [0.2, 0.25) is 0 Å². The minimum Gasteiger partial charge on any atom is -0.506 e. The number of hydrogen-bond acceptors (Lipinski definition) is 10. The first kappa shape index (κ1) is 25.3. The Morgan fingerprint density at radius 2 is 0.783 bits per heavy atom. The normalized spacial score (nSPS) is 11.6. The van der Waals surface area contributed by atoms with Gasteiger partial charge >= 0.3 is 0 Å². The number of nitrogens with one attached hydrogen (secondary N) is 2. The average Bonchev–Trinajstić information content (AvgIpc) is 3.82. The molecule has 0 aliphatic carbocycles. The highest BCUT2D eigenvalue weighted by molar-refractivity contribution is 6.13. The van der Waals surface area contributed by atoms with Gasteiger partial charge in [0.2, 0.25) is 0 Å². The predicted octanol–water partition coefficient (Wildman–Crippen LogP) is 6.02. The van der Waals surface area contributed by atoms with Gasteiger partial charge in [-0.2, -0.15) is 10.5 Å². The number of phenols is 2. The third kappa shape index (κ3) is 3.40. The molecule has 2 aliphatic heterocycles. The van der Waals surface area contributed by atoms with E-state index in [9.17, 15) is 20.7 Å². The van der Waals surface area contributed by atoms with Gasteiger partial charge in [0.15, 0.2) is 23.3 Å². The third-order valence-corrected chi connectivity index (χ3v) is 8.17. The maximum atomic E-state index is 11.3. The van der Waals surface area contributed by atoms with E-state index in [0.717, 1.165) is 21.9 Å². The van der Waals surface area contributed by atoms with Crippen molar-refractivity contribution in [3.05, 3.63) is 83.9 Å². The van der Waals surface area contributed by atoms with Crippen LogP contribution in [0.25, 0.3) is 89.7 Å². The van der Waals surface area contributed by atoms with Crippen LogP contribution in [-0.2, 0) is 0 Å². The molecule has 0 spiro atoms. The quantitative estimate of drug-likeness (QED) is 0.150. The molecule has 0 unspecified atom stereocenters. The van der Waals surface area contributed by atoms with Crippen molar-refractivity contribution >= 4 is 44.1 Å². The monoisotopic (exact) mass is 596 g/mol. The molecule has 0 atom stereocenters. The molecule has 4 aromatic carbocycles. The van der Waals surface area contributed by atoms with Crippen molar-refractivity contribution < 1.29 is 10.2 Å². The number of aromatic hydroxyl groups is 2. The molecule has 214 valence electrons. The van der Waals surface area contributed by atoms with E-state index < -0.39 is 11.5 Å². The molecule has 0 amide bonds. The van der Waals surface area contributed by atoms with E-state index in [1.54, 1.807) is 0 Å². The fourth-order valence-electron chi connectivity index (χ4n) is 6.08. The van der Waals surface area contributed by atoms with Gasteiger partial charge in [0.05, 0.1) is 10.8 Å². The van der Waals surface area contributed by atoms with Gasteiger partial charge in [-0.25, -0.2) is 29.9 Å². The van der Waals surface area contributed by atoms with Crippen LogP contribution in [0.1, 0.15) is 11.1 Å². The summed E-state index contributed by atoms with van der Waals surface area (Å²) in [4.78, 5) is 35.4. The minimum atomic E-state index is -0.525. The molecule has 9 rings (SSSR count). The molecule has 4 N–H and O–H groups in total. The number of nitrogens with zero attached hydrogens (tertiary/aromatic N) is 8. The van der Waals surface area contributed by atoms with E-state index in [-0.39, 0.29) is 44.8 Å². The molecular weight excluding hydrogens is 580 g/mol.